The zero-order chi connectivity index (χ0) is 15.3. The van der Waals surface area contributed by atoms with Crippen molar-refractivity contribution in [2.75, 3.05) is 25.1 Å². The van der Waals surface area contributed by atoms with E-state index in [1.54, 1.807) is 17.3 Å². The van der Waals surface area contributed by atoms with Gasteiger partial charge in [0.25, 0.3) is 0 Å². The average Bonchev–Trinajstić information content (AvgIpc) is 2.44. The topological polar surface area (TPSA) is 79.4 Å². The number of hydrogen-bond acceptors (Lipinski definition) is 4. The van der Waals surface area contributed by atoms with Gasteiger partial charge >= 0.3 is 6.03 Å². The van der Waals surface area contributed by atoms with E-state index in [1.165, 1.54) is 6.26 Å². The molecule has 1 aromatic heterocycles. The van der Waals surface area contributed by atoms with Gasteiger partial charge in [-0.1, -0.05) is 6.07 Å². The summed E-state index contributed by atoms with van der Waals surface area (Å²) < 4.78 is 22.7. The summed E-state index contributed by atoms with van der Waals surface area (Å²) in [6.07, 6.45) is 6.35. The van der Waals surface area contributed by atoms with E-state index in [9.17, 15) is 13.2 Å². The van der Waals surface area contributed by atoms with Gasteiger partial charge in [0.2, 0.25) is 0 Å². The highest BCUT2D eigenvalue weighted by Crippen LogP contribution is 2.18. The molecule has 1 unspecified atom stereocenters. The zero-order valence-electron chi connectivity index (χ0n) is 12.2. The van der Waals surface area contributed by atoms with Crippen LogP contribution in [0.4, 0.5) is 4.79 Å². The molecule has 0 radical (unpaired) electrons. The van der Waals surface area contributed by atoms with Crippen molar-refractivity contribution in [1.82, 2.24) is 15.2 Å². The lowest BCUT2D eigenvalue weighted by molar-refractivity contribution is 0.170. The van der Waals surface area contributed by atoms with Crippen LogP contribution in [0.2, 0.25) is 0 Å². The first-order valence-electron chi connectivity index (χ1n) is 7.03. The Bertz CT molecular complexity index is 574. The van der Waals surface area contributed by atoms with Gasteiger partial charge in [0.1, 0.15) is 9.84 Å². The van der Waals surface area contributed by atoms with Gasteiger partial charge < -0.3 is 10.2 Å². The number of likely N-dealkylation sites (tertiary alicyclic amines) is 1. The molecule has 1 aliphatic heterocycles. The van der Waals surface area contributed by atoms with Crippen LogP contribution in [0.1, 0.15) is 18.4 Å². The molecule has 1 aromatic rings. The number of sulfone groups is 1. The Morgan fingerprint density at radius 1 is 1.52 bits per heavy atom. The number of pyridine rings is 1. The second-order valence-electron chi connectivity index (χ2n) is 5.57. The van der Waals surface area contributed by atoms with Gasteiger partial charge in [-0.05, 0) is 30.4 Å². The average molecular weight is 311 g/mol. The molecule has 1 atom stereocenters. The van der Waals surface area contributed by atoms with Crippen LogP contribution in [0.3, 0.4) is 0 Å². The summed E-state index contributed by atoms with van der Waals surface area (Å²) >= 11 is 0. The Labute approximate surface area is 125 Å². The summed E-state index contributed by atoms with van der Waals surface area (Å²) in [5.41, 5.74) is 0.940. The summed E-state index contributed by atoms with van der Waals surface area (Å²) in [5, 5.41) is 2.85. The van der Waals surface area contributed by atoms with E-state index in [0.29, 0.717) is 19.6 Å². The smallest absolute Gasteiger partial charge is 0.317 e. The van der Waals surface area contributed by atoms with Crippen molar-refractivity contribution in [3.63, 3.8) is 0 Å². The highest BCUT2D eigenvalue weighted by Gasteiger charge is 2.25. The minimum absolute atomic E-state index is 0.0397. The van der Waals surface area contributed by atoms with Gasteiger partial charge in [0.05, 0.1) is 5.75 Å². The maximum Gasteiger partial charge on any atom is 0.317 e. The maximum atomic E-state index is 12.1. The molecule has 1 aliphatic rings. The monoisotopic (exact) mass is 311 g/mol. The first-order valence-corrected chi connectivity index (χ1v) is 9.09. The number of nitrogens with one attached hydrogen (secondary N) is 1. The summed E-state index contributed by atoms with van der Waals surface area (Å²) in [7, 11) is -2.99. The number of urea groups is 1. The van der Waals surface area contributed by atoms with Crippen molar-refractivity contribution in [2.24, 2.45) is 5.92 Å². The normalized spacial score (nSPS) is 19.3. The summed E-state index contributed by atoms with van der Waals surface area (Å²) in [5.74, 6) is 0.192. The molecule has 2 heterocycles. The Balaban J connectivity index is 1.84. The predicted octanol–water partition coefficient (Wildman–Crippen LogP) is 1.05. The molecule has 116 valence electrons. The number of carbonyl (C=O) groups is 1. The van der Waals surface area contributed by atoms with E-state index in [4.69, 9.17) is 0 Å². The molecule has 0 saturated carbocycles. The van der Waals surface area contributed by atoms with Crippen LogP contribution in [0.15, 0.2) is 24.5 Å². The SMILES string of the molecule is CS(=O)(=O)CC1CCCN(C(=O)NCc2cccnc2)C1. The van der Waals surface area contributed by atoms with Crippen molar-refractivity contribution in [1.29, 1.82) is 0 Å². The second-order valence-corrected chi connectivity index (χ2v) is 7.75. The highest BCUT2D eigenvalue weighted by atomic mass is 32.2. The van der Waals surface area contributed by atoms with Crippen molar-refractivity contribution in [3.05, 3.63) is 30.1 Å². The third kappa shape index (κ3) is 5.34. The first-order chi connectivity index (χ1) is 9.94. The highest BCUT2D eigenvalue weighted by molar-refractivity contribution is 7.90. The van der Waals surface area contributed by atoms with Gasteiger partial charge in [-0.2, -0.15) is 0 Å². The molecule has 0 aromatic carbocycles. The summed E-state index contributed by atoms with van der Waals surface area (Å²) in [6.45, 7) is 1.62. The number of carbonyl (C=O) groups excluding carboxylic acids is 1. The lowest BCUT2D eigenvalue weighted by Crippen LogP contribution is -2.46. The van der Waals surface area contributed by atoms with E-state index in [2.05, 4.69) is 10.3 Å². The van der Waals surface area contributed by atoms with Crippen molar-refractivity contribution >= 4 is 15.9 Å². The van der Waals surface area contributed by atoms with Crippen LogP contribution in [-0.4, -0.2) is 49.4 Å². The Hall–Kier alpha value is -1.63. The number of nitrogens with zero attached hydrogens (tertiary/aromatic N) is 2. The number of aromatic nitrogens is 1. The largest absolute Gasteiger partial charge is 0.334 e. The van der Waals surface area contributed by atoms with Crippen LogP contribution >= 0.6 is 0 Å². The minimum Gasteiger partial charge on any atom is -0.334 e. The Kier molecular flexibility index (Phi) is 5.17. The van der Waals surface area contributed by atoms with Crippen molar-refractivity contribution in [3.8, 4) is 0 Å². The van der Waals surface area contributed by atoms with Crippen molar-refractivity contribution in [2.45, 2.75) is 19.4 Å². The molecule has 2 amide bonds. The molecule has 21 heavy (non-hydrogen) atoms. The van der Waals surface area contributed by atoms with Crippen LogP contribution < -0.4 is 5.32 Å². The number of piperidine rings is 1. The lowest BCUT2D eigenvalue weighted by atomic mass is 10.0. The van der Waals surface area contributed by atoms with Gasteiger partial charge in [0.15, 0.2) is 0 Å². The molecular formula is C14H21N3O3S. The van der Waals surface area contributed by atoms with E-state index in [1.807, 2.05) is 12.1 Å². The standard InChI is InChI=1S/C14H21N3O3S/c1-21(19,20)11-13-5-3-7-17(10-13)14(18)16-9-12-4-2-6-15-8-12/h2,4,6,8,13H,3,5,7,9-11H2,1H3,(H,16,18). The number of amides is 2. The van der Waals surface area contributed by atoms with Crippen LogP contribution in [0.5, 0.6) is 0 Å². The van der Waals surface area contributed by atoms with E-state index in [0.717, 1.165) is 18.4 Å². The van der Waals surface area contributed by atoms with E-state index in [-0.39, 0.29) is 17.7 Å². The number of rotatable bonds is 4. The third-order valence-corrected chi connectivity index (χ3v) is 4.59. The lowest BCUT2D eigenvalue weighted by Gasteiger charge is -2.32. The van der Waals surface area contributed by atoms with Gasteiger partial charge in [-0.15, -0.1) is 0 Å². The molecule has 6 nitrogen and oxygen atoms in total. The molecule has 2 rings (SSSR count). The van der Waals surface area contributed by atoms with Crippen molar-refractivity contribution < 1.29 is 13.2 Å². The summed E-state index contributed by atoms with van der Waals surface area (Å²) in [6, 6.07) is 3.58. The molecule has 0 bridgehead atoms. The van der Waals surface area contributed by atoms with Gasteiger partial charge in [-0.25, -0.2) is 13.2 Å². The molecule has 0 aliphatic carbocycles. The fourth-order valence-electron chi connectivity index (χ4n) is 2.61. The third-order valence-electron chi connectivity index (χ3n) is 3.51. The first kappa shape index (κ1) is 15.8. The molecule has 1 N–H and O–H groups in total. The van der Waals surface area contributed by atoms with Gasteiger partial charge in [0, 0.05) is 38.3 Å². The summed E-state index contributed by atoms with van der Waals surface area (Å²) in [4.78, 5) is 17.8. The van der Waals surface area contributed by atoms with Gasteiger partial charge in [-0.3, -0.25) is 4.98 Å². The Morgan fingerprint density at radius 3 is 3.00 bits per heavy atom. The van der Waals surface area contributed by atoms with Crippen LogP contribution in [-0.2, 0) is 16.4 Å². The van der Waals surface area contributed by atoms with E-state index >= 15 is 0 Å². The number of hydrogen-bond donors (Lipinski definition) is 1. The van der Waals surface area contributed by atoms with E-state index < -0.39 is 9.84 Å². The van der Waals surface area contributed by atoms with Crippen LogP contribution in [0.25, 0.3) is 0 Å². The molecule has 7 heteroatoms. The predicted molar refractivity (Wildman–Crippen MR) is 80.5 cm³/mol. The van der Waals surface area contributed by atoms with Crippen LogP contribution in [0, 0.1) is 5.92 Å². The quantitative estimate of drug-likeness (QED) is 0.901. The molecule has 0 spiro atoms. The Morgan fingerprint density at radius 2 is 2.33 bits per heavy atom. The minimum atomic E-state index is -2.99. The molecule has 1 fully saturated rings. The molecular weight excluding hydrogens is 290 g/mol. The fraction of sp³-hybridized carbons (Fsp3) is 0.571. The zero-order valence-corrected chi connectivity index (χ0v) is 13.0. The second kappa shape index (κ2) is 6.89. The maximum absolute atomic E-state index is 12.1. The molecule has 1 saturated heterocycles. The fourth-order valence-corrected chi connectivity index (χ4v) is 3.73.